The van der Waals surface area contributed by atoms with Gasteiger partial charge in [-0.1, -0.05) is 30.3 Å². The number of rotatable bonds is 4. The smallest absolute Gasteiger partial charge is 0.251 e. The summed E-state index contributed by atoms with van der Waals surface area (Å²) in [5.74, 6) is 0.598. The third-order valence-electron chi connectivity index (χ3n) is 4.28. The Morgan fingerprint density at radius 3 is 2.69 bits per heavy atom. The number of aromatic amines is 1. The van der Waals surface area contributed by atoms with Crippen molar-refractivity contribution in [2.75, 3.05) is 7.05 Å². The second-order valence-electron chi connectivity index (χ2n) is 5.94. The van der Waals surface area contributed by atoms with Gasteiger partial charge in [0, 0.05) is 23.1 Å². The first-order valence-electron chi connectivity index (χ1n) is 8.19. The van der Waals surface area contributed by atoms with E-state index in [-0.39, 0.29) is 5.91 Å². The highest BCUT2D eigenvalue weighted by molar-refractivity contribution is 7.10. The highest BCUT2D eigenvalue weighted by atomic mass is 32.1. The Morgan fingerprint density at radius 1 is 1.19 bits per heavy atom. The van der Waals surface area contributed by atoms with Crippen LogP contribution in [-0.2, 0) is 0 Å². The molecule has 26 heavy (non-hydrogen) atoms. The molecular weight excluding hydrogens is 346 g/mol. The maximum atomic E-state index is 11.8. The van der Waals surface area contributed by atoms with Crippen LogP contribution in [0.4, 0.5) is 0 Å². The first-order valence-corrected chi connectivity index (χ1v) is 9.07. The van der Waals surface area contributed by atoms with Crippen LogP contribution in [0, 0.1) is 0 Å². The van der Waals surface area contributed by atoms with E-state index in [4.69, 9.17) is 0 Å². The number of nitrogens with one attached hydrogen (secondary N) is 2. The van der Waals surface area contributed by atoms with Gasteiger partial charge in [-0.05, 0) is 35.2 Å². The zero-order chi connectivity index (χ0) is 18.1. The zero-order valence-electron chi connectivity index (χ0n) is 14.1. The summed E-state index contributed by atoms with van der Waals surface area (Å²) in [4.78, 5) is 20.5. The summed E-state index contributed by atoms with van der Waals surface area (Å²) >= 11 is 1.53. The molecule has 0 spiro atoms. The molecule has 3 N–H and O–H groups in total. The summed E-state index contributed by atoms with van der Waals surface area (Å²) in [6.07, 6.45) is -0.616. The largest absolute Gasteiger partial charge is 0.383 e. The van der Waals surface area contributed by atoms with Crippen molar-refractivity contribution in [3.63, 3.8) is 0 Å². The number of aromatic nitrogens is 2. The summed E-state index contributed by atoms with van der Waals surface area (Å²) in [7, 11) is 1.61. The minimum atomic E-state index is -0.616. The van der Waals surface area contributed by atoms with Gasteiger partial charge in [0.1, 0.15) is 11.9 Å². The topological polar surface area (TPSA) is 78.0 Å². The number of fused-ring (bicyclic) bond motifs is 1. The number of hydrogen-bond donors (Lipinski definition) is 3. The molecule has 0 fully saturated rings. The molecule has 0 aliphatic carbocycles. The molecule has 5 nitrogen and oxygen atoms in total. The zero-order valence-corrected chi connectivity index (χ0v) is 14.9. The van der Waals surface area contributed by atoms with Crippen LogP contribution in [0.3, 0.4) is 0 Å². The SMILES string of the molecule is CNC(=O)c1ccc2nc(-c3ccc(C(O)c4cccs4)cc3)[nH]c2c1. The predicted octanol–water partition coefficient (Wildman–Crippen LogP) is 3.73. The van der Waals surface area contributed by atoms with Gasteiger partial charge < -0.3 is 15.4 Å². The van der Waals surface area contributed by atoms with Crippen molar-refractivity contribution in [2.24, 2.45) is 0 Å². The van der Waals surface area contributed by atoms with Crippen LogP contribution < -0.4 is 5.32 Å². The summed E-state index contributed by atoms with van der Waals surface area (Å²) in [5.41, 5.74) is 3.96. The van der Waals surface area contributed by atoms with Crippen LogP contribution in [0.15, 0.2) is 60.0 Å². The van der Waals surface area contributed by atoms with Crippen molar-refractivity contribution in [3.05, 3.63) is 76.0 Å². The van der Waals surface area contributed by atoms with Gasteiger partial charge in [0.25, 0.3) is 5.91 Å². The quantitative estimate of drug-likeness (QED) is 0.517. The average molecular weight is 363 g/mol. The van der Waals surface area contributed by atoms with Crippen LogP contribution in [0.5, 0.6) is 0 Å². The van der Waals surface area contributed by atoms with Gasteiger partial charge in [0.15, 0.2) is 0 Å². The van der Waals surface area contributed by atoms with Crippen LogP contribution in [0.25, 0.3) is 22.4 Å². The molecule has 2 heterocycles. The molecule has 2 aromatic carbocycles. The van der Waals surface area contributed by atoms with E-state index in [9.17, 15) is 9.90 Å². The molecular formula is C20H17N3O2S. The Hall–Kier alpha value is -2.96. The minimum absolute atomic E-state index is 0.130. The number of hydrogen-bond acceptors (Lipinski definition) is 4. The summed E-state index contributed by atoms with van der Waals surface area (Å²) in [5, 5.41) is 15.0. The van der Waals surface area contributed by atoms with Crippen molar-refractivity contribution in [1.82, 2.24) is 15.3 Å². The Labute approximate surface area is 154 Å². The van der Waals surface area contributed by atoms with Crippen molar-refractivity contribution in [2.45, 2.75) is 6.10 Å². The molecule has 0 aliphatic heterocycles. The lowest BCUT2D eigenvalue weighted by atomic mass is 10.1. The number of carbonyl (C=O) groups excluding carboxylic acids is 1. The van der Waals surface area contributed by atoms with E-state index in [0.29, 0.717) is 5.56 Å². The van der Waals surface area contributed by atoms with Gasteiger partial charge in [0.2, 0.25) is 0 Å². The summed E-state index contributed by atoms with van der Waals surface area (Å²) in [6, 6.07) is 16.9. The molecule has 1 amide bonds. The molecule has 6 heteroatoms. The second kappa shape index (κ2) is 6.74. The number of nitrogens with zero attached hydrogens (tertiary/aromatic N) is 1. The number of H-pyrrole nitrogens is 1. The van der Waals surface area contributed by atoms with Crippen LogP contribution in [0.2, 0.25) is 0 Å². The molecule has 4 rings (SSSR count). The highest BCUT2D eigenvalue weighted by Gasteiger charge is 2.13. The fourth-order valence-electron chi connectivity index (χ4n) is 2.87. The van der Waals surface area contributed by atoms with Gasteiger partial charge in [0.05, 0.1) is 11.0 Å². The minimum Gasteiger partial charge on any atom is -0.383 e. The first kappa shape index (κ1) is 16.5. The Kier molecular flexibility index (Phi) is 4.28. The van der Waals surface area contributed by atoms with Gasteiger partial charge in [-0.15, -0.1) is 11.3 Å². The van der Waals surface area contributed by atoms with E-state index in [2.05, 4.69) is 15.3 Å². The molecule has 0 saturated heterocycles. The third-order valence-corrected chi connectivity index (χ3v) is 5.21. The van der Waals surface area contributed by atoms with E-state index in [0.717, 1.165) is 32.9 Å². The Balaban J connectivity index is 1.64. The van der Waals surface area contributed by atoms with Crippen LogP contribution >= 0.6 is 11.3 Å². The maximum Gasteiger partial charge on any atom is 0.251 e. The van der Waals surface area contributed by atoms with E-state index in [1.165, 1.54) is 11.3 Å². The molecule has 0 saturated carbocycles. The fourth-order valence-corrected chi connectivity index (χ4v) is 3.60. The van der Waals surface area contributed by atoms with Gasteiger partial charge in [-0.3, -0.25) is 4.79 Å². The fraction of sp³-hybridized carbons (Fsp3) is 0.100. The van der Waals surface area contributed by atoms with Gasteiger partial charge in [-0.2, -0.15) is 0 Å². The van der Waals surface area contributed by atoms with Crippen molar-refractivity contribution in [3.8, 4) is 11.4 Å². The number of imidazole rings is 1. The molecule has 1 unspecified atom stereocenters. The number of benzene rings is 2. The number of thiophene rings is 1. The van der Waals surface area contributed by atoms with Gasteiger partial charge >= 0.3 is 0 Å². The van der Waals surface area contributed by atoms with Crippen molar-refractivity contribution >= 4 is 28.3 Å². The molecule has 0 radical (unpaired) electrons. The number of amides is 1. The molecule has 130 valence electrons. The molecule has 1 atom stereocenters. The average Bonchev–Trinajstić information content (AvgIpc) is 3.36. The number of aliphatic hydroxyl groups is 1. The lowest BCUT2D eigenvalue weighted by Crippen LogP contribution is -2.17. The van der Waals surface area contributed by atoms with E-state index in [1.54, 1.807) is 19.2 Å². The van der Waals surface area contributed by atoms with Crippen molar-refractivity contribution < 1.29 is 9.90 Å². The van der Waals surface area contributed by atoms with Crippen LogP contribution in [-0.4, -0.2) is 28.0 Å². The maximum absolute atomic E-state index is 11.8. The monoisotopic (exact) mass is 363 g/mol. The molecule has 0 aliphatic rings. The molecule has 2 aromatic heterocycles. The second-order valence-corrected chi connectivity index (χ2v) is 6.92. The first-order chi connectivity index (χ1) is 12.7. The normalized spacial score (nSPS) is 12.2. The Morgan fingerprint density at radius 2 is 2.00 bits per heavy atom. The predicted molar refractivity (Wildman–Crippen MR) is 103 cm³/mol. The highest BCUT2D eigenvalue weighted by Crippen LogP contribution is 2.28. The lowest BCUT2D eigenvalue weighted by Gasteiger charge is -2.09. The third kappa shape index (κ3) is 3.00. The van der Waals surface area contributed by atoms with E-state index >= 15 is 0 Å². The van der Waals surface area contributed by atoms with Crippen molar-refractivity contribution in [1.29, 1.82) is 0 Å². The molecule has 0 bridgehead atoms. The van der Waals surface area contributed by atoms with Crippen LogP contribution in [0.1, 0.15) is 26.9 Å². The van der Waals surface area contributed by atoms with Gasteiger partial charge in [-0.25, -0.2) is 4.98 Å². The lowest BCUT2D eigenvalue weighted by molar-refractivity contribution is 0.0963. The number of carbonyl (C=O) groups is 1. The summed E-state index contributed by atoms with van der Waals surface area (Å²) in [6.45, 7) is 0. The Bertz CT molecular complexity index is 1050. The molecule has 4 aromatic rings. The van der Waals surface area contributed by atoms with E-state index in [1.807, 2.05) is 47.8 Å². The standard InChI is InChI=1S/C20H17N3O2S/c1-21-20(25)14-8-9-15-16(11-14)23-19(22-15)13-6-4-12(5-7-13)18(24)17-3-2-10-26-17/h2-11,18,24H,1H3,(H,21,25)(H,22,23). The summed E-state index contributed by atoms with van der Waals surface area (Å²) < 4.78 is 0. The number of aliphatic hydroxyl groups excluding tert-OH is 1. The van der Waals surface area contributed by atoms with E-state index < -0.39 is 6.10 Å².